The number of urea groups is 1. The Morgan fingerprint density at radius 2 is 2.33 bits per heavy atom. The van der Waals surface area contributed by atoms with Gasteiger partial charge in [-0.1, -0.05) is 19.4 Å². The third kappa shape index (κ3) is 5.01. The molecule has 1 aromatic carbocycles. The summed E-state index contributed by atoms with van der Waals surface area (Å²) < 4.78 is 13.2. The molecule has 1 unspecified atom stereocenters. The first-order valence-electron chi connectivity index (χ1n) is 7.74. The van der Waals surface area contributed by atoms with Crippen LogP contribution in [-0.2, 0) is 0 Å². The van der Waals surface area contributed by atoms with Crippen molar-refractivity contribution >= 4 is 11.7 Å². The third-order valence-electron chi connectivity index (χ3n) is 3.71. The predicted molar refractivity (Wildman–Crippen MR) is 82.9 cm³/mol. The van der Waals surface area contributed by atoms with E-state index >= 15 is 0 Å². The second-order valence-electron chi connectivity index (χ2n) is 5.53. The van der Waals surface area contributed by atoms with E-state index in [1.54, 1.807) is 12.1 Å². The highest BCUT2D eigenvalue weighted by Gasteiger charge is 2.20. The molecule has 5 heteroatoms. The number of rotatable bonds is 5. The molecule has 1 aliphatic heterocycles. The SMILES string of the molecule is CCCN(CC1CCCCN1)C(=O)Nc1cccc(F)c1. The van der Waals surface area contributed by atoms with E-state index in [4.69, 9.17) is 0 Å². The van der Waals surface area contributed by atoms with Gasteiger partial charge in [0.1, 0.15) is 5.82 Å². The Kier molecular flexibility index (Phi) is 5.99. The molecule has 0 radical (unpaired) electrons. The molecule has 0 saturated carbocycles. The Hall–Kier alpha value is -1.62. The summed E-state index contributed by atoms with van der Waals surface area (Å²) in [6.45, 7) is 4.49. The molecule has 2 N–H and O–H groups in total. The number of carbonyl (C=O) groups excluding carboxylic acids is 1. The van der Waals surface area contributed by atoms with Crippen LogP contribution in [0.4, 0.5) is 14.9 Å². The molecule has 2 rings (SSSR count). The van der Waals surface area contributed by atoms with E-state index in [0.29, 0.717) is 24.8 Å². The zero-order chi connectivity index (χ0) is 15.1. The molecule has 0 bridgehead atoms. The van der Waals surface area contributed by atoms with Crippen LogP contribution in [-0.4, -0.2) is 36.6 Å². The number of amides is 2. The molecule has 1 aromatic rings. The van der Waals surface area contributed by atoms with Crippen LogP contribution in [0.25, 0.3) is 0 Å². The summed E-state index contributed by atoms with van der Waals surface area (Å²) >= 11 is 0. The van der Waals surface area contributed by atoms with Crippen LogP contribution in [0.2, 0.25) is 0 Å². The molecule has 1 atom stereocenters. The maximum absolute atomic E-state index is 13.2. The monoisotopic (exact) mass is 293 g/mol. The van der Waals surface area contributed by atoms with Crippen molar-refractivity contribution in [3.63, 3.8) is 0 Å². The first kappa shape index (κ1) is 15.8. The number of nitrogens with zero attached hydrogens (tertiary/aromatic N) is 1. The summed E-state index contributed by atoms with van der Waals surface area (Å²) in [7, 11) is 0. The molecule has 21 heavy (non-hydrogen) atoms. The van der Waals surface area contributed by atoms with Gasteiger partial charge in [-0.15, -0.1) is 0 Å². The quantitative estimate of drug-likeness (QED) is 0.875. The number of anilines is 1. The summed E-state index contributed by atoms with van der Waals surface area (Å²) in [4.78, 5) is 14.2. The van der Waals surface area contributed by atoms with E-state index in [1.807, 2.05) is 4.90 Å². The van der Waals surface area contributed by atoms with Crippen molar-refractivity contribution < 1.29 is 9.18 Å². The van der Waals surface area contributed by atoms with Crippen LogP contribution in [0.5, 0.6) is 0 Å². The Labute approximate surface area is 125 Å². The van der Waals surface area contributed by atoms with Crippen molar-refractivity contribution in [1.29, 1.82) is 0 Å². The Morgan fingerprint density at radius 3 is 3.00 bits per heavy atom. The normalized spacial score (nSPS) is 18.3. The number of piperidine rings is 1. The minimum absolute atomic E-state index is 0.158. The topological polar surface area (TPSA) is 44.4 Å². The van der Waals surface area contributed by atoms with Gasteiger partial charge in [-0.05, 0) is 44.0 Å². The van der Waals surface area contributed by atoms with Gasteiger partial charge in [0, 0.05) is 24.8 Å². The van der Waals surface area contributed by atoms with E-state index in [9.17, 15) is 9.18 Å². The van der Waals surface area contributed by atoms with Gasteiger partial charge in [0.15, 0.2) is 0 Å². The van der Waals surface area contributed by atoms with Crippen LogP contribution in [0.3, 0.4) is 0 Å². The summed E-state index contributed by atoms with van der Waals surface area (Å²) in [5.74, 6) is -0.344. The maximum atomic E-state index is 13.2. The molecule has 1 saturated heterocycles. The first-order chi connectivity index (χ1) is 10.2. The van der Waals surface area contributed by atoms with Gasteiger partial charge in [-0.3, -0.25) is 0 Å². The lowest BCUT2D eigenvalue weighted by Gasteiger charge is -2.30. The molecular weight excluding hydrogens is 269 g/mol. The molecule has 0 spiro atoms. The molecule has 0 aromatic heterocycles. The minimum atomic E-state index is -0.344. The zero-order valence-corrected chi connectivity index (χ0v) is 12.6. The van der Waals surface area contributed by atoms with Gasteiger partial charge in [0.2, 0.25) is 0 Å². The van der Waals surface area contributed by atoms with E-state index < -0.39 is 0 Å². The number of halogens is 1. The highest BCUT2D eigenvalue weighted by atomic mass is 19.1. The van der Waals surface area contributed by atoms with Crippen LogP contribution in [0, 0.1) is 5.82 Å². The first-order valence-corrected chi connectivity index (χ1v) is 7.74. The number of nitrogens with one attached hydrogen (secondary N) is 2. The zero-order valence-electron chi connectivity index (χ0n) is 12.6. The second-order valence-corrected chi connectivity index (χ2v) is 5.53. The highest BCUT2D eigenvalue weighted by Crippen LogP contribution is 2.12. The Morgan fingerprint density at radius 1 is 1.48 bits per heavy atom. The lowest BCUT2D eigenvalue weighted by molar-refractivity contribution is 0.199. The van der Waals surface area contributed by atoms with Crippen molar-refractivity contribution in [2.45, 2.75) is 38.6 Å². The number of hydrogen-bond donors (Lipinski definition) is 2. The molecule has 116 valence electrons. The molecule has 0 aliphatic carbocycles. The fraction of sp³-hybridized carbons (Fsp3) is 0.562. The summed E-state index contributed by atoms with van der Waals surface area (Å²) in [6, 6.07) is 6.20. The van der Waals surface area contributed by atoms with Gasteiger partial charge in [-0.25, -0.2) is 9.18 Å². The van der Waals surface area contributed by atoms with Gasteiger partial charge < -0.3 is 15.5 Å². The second kappa shape index (κ2) is 7.98. The lowest BCUT2D eigenvalue weighted by atomic mass is 10.0. The van der Waals surface area contributed by atoms with E-state index in [2.05, 4.69) is 17.6 Å². The predicted octanol–water partition coefficient (Wildman–Crippen LogP) is 3.21. The molecule has 1 aliphatic rings. The smallest absolute Gasteiger partial charge is 0.321 e. The van der Waals surface area contributed by atoms with Crippen LogP contribution < -0.4 is 10.6 Å². The fourth-order valence-electron chi connectivity index (χ4n) is 2.66. The molecule has 2 amide bonds. The van der Waals surface area contributed by atoms with Crippen molar-refractivity contribution in [2.75, 3.05) is 25.0 Å². The number of benzene rings is 1. The van der Waals surface area contributed by atoms with Crippen LogP contribution >= 0.6 is 0 Å². The average Bonchev–Trinajstić information content (AvgIpc) is 2.48. The average molecular weight is 293 g/mol. The van der Waals surface area contributed by atoms with E-state index in [0.717, 1.165) is 19.4 Å². The third-order valence-corrected chi connectivity index (χ3v) is 3.71. The Balaban J connectivity index is 1.94. The number of carbonyl (C=O) groups is 1. The maximum Gasteiger partial charge on any atom is 0.321 e. The van der Waals surface area contributed by atoms with Crippen molar-refractivity contribution in [3.05, 3.63) is 30.1 Å². The van der Waals surface area contributed by atoms with Crippen LogP contribution in [0.15, 0.2) is 24.3 Å². The van der Waals surface area contributed by atoms with Crippen molar-refractivity contribution in [1.82, 2.24) is 10.2 Å². The largest absolute Gasteiger partial charge is 0.323 e. The van der Waals surface area contributed by atoms with Crippen molar-refractivity contribution in [2.24, 2.45) is 0 Å². The Bertz CT molecular complexity index is 461. The molecular formula is C16H24FN3O. The van der Waals surface area contributed by atoms with Gasteiger partial charge >= 0.3 is 6.03 Å². The van der Waals surface area contributed by atoms with Gasteiger partial charge in [0.05, 0.1) is 0 Å². The molecule has 1 fully saturated rings. The number of hydrogen-bond acceptors (Lipinski definition) is 2. The highest BCUT2D eigenvalue weighted by molar-refractivity contribution is 5.89. The van der Waals surface area contributed by atoms with E-state index in [1.165, 1.54) is 25.0 Å². The van der Waals surface area contributed by atoms with Crippen LogP contribution in [0.1, 0.15) is 32.6 Å². The van der Waals surface area contributed by atoms with E-state index in [-0.39, 0.29) is 11.8 Å². The van der Waals surface area contributed by atoms with Gasteiger partial charge in [0.25, 0.3) is 0 Å². The fourth-order valence-corrected chi connectivity index (χ4v) is 2.66. The standard InChI is InChI=1S/C16H24FN3O/c1-2-10-20(12-15-7-3-4-9-18-15)16(21)19-14-8-5-6-13(17)11-14/h5-6,8,11,15,18H,2-4,7,9-10,12H2,1H3,(H,19,21). The molecule has 1 heterocycles. The summed E-state index contributed by atoms with van der Waals surface area (Å²) in [6.07, 6.45) is 4.43. The lowest BCUT2D eigenvalue weighted by Crippen LogP contribution is -2.47. The summed E-state index contributed by atoms with van der Waals surface area (Å²) in [5.41, 5.74) is 0.498. The van der Waals surface area contributed by atoms with Crippen molar-refractivity contribution in [3.8, 4) is 0 Å². The minimum Gasteiger partial charge on any atom is -0.323 e. The molecule has 4 nitrogen and oxygen atoms in total. The summed E-state index contributed by atoms with van der Waals surface area (Å²) in [5, 5.41) is 6.23. The van der Waals surface area contributed by atoms with Gasteiger partial charge in [-0.2, -0.15) is 0 Å².